The predicted octanol–water partition coefficient (Wildman–Crippen LogP) is 1.53. The molecule has 2 aromatic rings. The molecular weight excluding hydrogens is 314 g/mol. The molecule has 0 amide bonds. The van der Waals surface area contributed by atoms with Crippen LogP contribution in [0, 0.1) is 30.3 Å². The van der Waals surface area contributed by atoms with Crippen molar-refractivity contribution in [1.29, 1.82) is 0 Å². The number of non-ortho nitro benzene ring substituents is 1. The maximum atomic E-state index is 11.1. The van der Waals surface area contributed by atoms with Crippen molar-refractivity contribution >= 4 is 34.4 Å². The second-order valence-corrected chi connectivity index (χ2v) is 4.09. The minimum Gasteiger partial charge on any atom is -0.368 e. The van der Waals surface area contributed by atoms with Gasteiger partial charge in [-0.05, 0) is 0 Å². The lowest BCUT2D eigenvalue weighted by Gasteiger charge is -2.07. The van der Waals surface area contributed by atoms with Crippen molar-refractivity contribution in [1.82, 2.24) is 9.97 Å². The lowest BCUT2D eigenvalue weighted by atomic mass is 10.2. The fraction of sp³-hybridized carbons (Fsp3) is 0. The second-order valence-electron chi connectivity index (χ2n) is 4.09. The molecule has 1 heterocycles. The van der Waals surface area contributed by atoms with Gasteiger partial charge >= 0.3 is 11.4 Å². The minimum atomic E-state index is -0.972. The average molecular weight is 321 g/mol. The Balaban J connectivity index is 2.63. The van der Waals surface area contributed by atoms with E-state index < -0.39 is 37.5 Å². The van der Waals surface area contributed by atoms with E-state index in [1.807, 2.05) is 0 Å². The van der Waals surface area contributed by atoms with Crippen molar-refractivity contribution in [3.05, 3.63) is 54.9 Å². The fourth-order valence-electron chi connectivity index (χ4n) is 1.67. The molecule has 118 valence electrons. The van der Waals surface area contributed by atoms with E-state index in [1.165, 1.54) is 0 Å². The Bertz CT molecular complexity index is 771. The molecule has 0 aliphatic rings. The molecule has 0 fully saturated rings. The molecule has 1 aromatic heterocycles. The van der Waals surface area contributed by atoms with E-state index in [1.54, 1.807) is 0 Å². The van der Waals surface area contributed by atoms with Crippen LogP contribution in [0.3, 0.4) is 0 Å². The van der Waals surface area contributed by atoms with E-state index in [-0.39, 0.29) is 11.6 Å². The van der Waals surface area contributed by atoms with Gasteiger partial charge in [-0.25, -0.2) is 9.97 Å². The summed E-state index contributed by atoms with van der Waals surface area (Å²) < 4.78 is 0. The lowest BCUT2D eigenvalue weighted by Crippen LogP contribution is -2.04. The summed E-state index contributed by atoms with van der Waals surface area (Å²) in [6.07, 6.45) is 2.30. The number of hydrogen-bond donors (Lipinski definition) is 2. The van der Waals surface area contributed by atoms with Crippen LogP contribution >= 0.6 is 0 Å². The molecule has 0 saturated heterocycles. The Labute approximate surface area is 126 Å². The number of rotatable bonds is 5. The average Bonchev–Trinajstić information content (AvgIpc) is 2.48. The molecule has 0 aliphatic carbocycles. The highest BCUT2D eigenvalue weighted by molar-refractivity contribution is 5.81. The van der Waals surface area contributed by atoms with Crippen LogP contribution in [0.2, 0.25) is 0 Å². The molecular formula is C10H7N7O6. The third-order valence-corrected chi connectivity index (χ3v) is 2.63. The number of anilines is 3. The van der Waals surface area contributed by atoms with Crippen molar-refractivity contribution in [2.75, 3.05) is 11.1 Å². The smallest absolute Gasteiger partial charge is 0.306 e. The van der Waals surface area contributed by atoms with E-state index in [9.17, 15) is 30.3 Å². The number of nitrogen functional groups attached to an aromatic ring is 1. The summed E-state index contributed by atoms with van der Waals surface area (Å²) in [7, 11) is 0. The largest absolute Gasteiger partial charge is 0.368 e. The Morgan fingerprint density at radius 2 is 1.39 bits per heavy atom. The Kier molecular flexibility index (Phi) is 3.93. The zero-order valence-electron chi connectivity index (χ0n) is 11.1. The van der Waals surface area contributed by atoms with Gasteiger partial charge in [0.1, 0.15) is 0 Å². The van der Waals surface area contributed by atoms with Crippen LogP contribution in [0.1, 0.15) is 0 Å². The van der Waals surface area contributed by atoms with E-state index in [2.05, 4.69) is 15.3 Å². The summed E-state index contributed by atoms with van der Waals surface area (Å²) in [5.74, 6) is -0.0664. The quantitative estimate of drug-likeness (QED) is 0.602. The van der Waals surface area contributed by atoms with Gasteiger partial charge in [0.15, 0.2) is 5.69 Å². The topological polar surface area (TPSA) is 193 Å². The number of nitrogens with zero attached hydrogens (tertiary/aromatic N) is 5. The van der Waals surface area contributed by atoms with Crippen molar-refractivity contribution in [3.8, 4) is 0 Å². The number of nitrogens with one attached hydrogen (secondary N) is 1. The highest BCUT2D eigenvalue weighted by Crippen LogP contribution is 2.39. The summed E-state index contributed by atoms with van der Waals surface area (Å²) in [4.78, 5) is 37.3. The monoisotopic (exact) mass is 321 g/mol. The number of nitro benzene ring substituents is 3. The van der Waals surface area contributed by atoms with Crippen LogP contribution in [0.5, 0.6) is 0 Å². The molecule has 3 N–H and O–H groups in total. The molecule has 0 spiro atoms. The van der Waals surface area contributed by atoms with Crippen molar-refractivity contribution in [2.45, 2.75) is 0 Å². The van der Waals surface area contributed by atoms with Crippen LogP contribution in [-0.4, -0.2) is 24.7 Å². The van der Waals surface area contributed by atoms with Crippen LogP contribution in [0.4, 0.5) is 34.4 Å². The van der Waals surface area contributed by atoms with Gasteiger partial charge in [0.2, 0.25) is 5.95 Å². The Morgan fingerprint density at radius 1 is 0.913 bits per heavy atom. The van der Waals surface area contributed by atoms with Crippen LogP contribution < -0.4 is 11.1 Å². The summed E-state index contributed by atoms with van der Waals surface area (Å²) in [6, 6.07) is 1.24. The van der Waals surface area contributed by atoms with E-state index in [0.717, 1.165) is 12.4 Å². The standard InChI is InChI=1S/C10H7N7O6/c11-10-12-3-5(4-13-10)14-9-7(16(20)21)1-6(15(18)19)2-8(9)17(22)23/h1-4,14H,(H2,11,12,13). The molecule has 0 radical (unpaired) electrons. The first-order valence-electron chi connectivity index (χ1n) is 5.75. The normalized spacial score (nSPS) is 10.1. The molecule has 0 aliphatic heterocycles. The zero-order chi connectivity index (χ0) is 17.1. The third kappa shape index (κ3) is 3.23. The van der Waals surface area contributed by atoms with E-state index >= 15 is 0 Å². The maximum absolute atomic E-state index is 11.1. The van der Waals surface area contributed by atoms with Crippen LogP contribution in [0.15, 0.2) is 24.5 Å². The van der Waals surface area contributed by atoms with Crippen molar-refractivity contribution in [3.63, 3.8) is 0 Å². The third-order valence-electron chi connectivity index (χ3n) is 2.63. The molecule has 13 heteroatoms. The Morgan fingerprint density at radius 3 is 1.78 bits per heavy atom. The van der Waals surface area contributed by atoms with E-state index in [4.69, 9.17) is 5.73 Å². The summed E-state index contributed by atoms with van der Waals surface area (Å²) in [6.45, 7) is 0. The summed E-state index contributed by atoms with van der Waals surface area (Å²) in [5, 5.41) is 35.3. The SMILES string of the molecule is Nc1ncc(Nc2c([N+](=O)[O-])cc([N+](=O)[O-])cc2[N+](=O)[O-])cn1. The molecule has 13 nitrogen and oxygen atoms in total. The molecule has 1 aromatic carbocycles. The van der Waals surface area contributed by atoms with Gasteiger partial charge in [-0.1, -0.05) is 0 Å². The van der Waals surface area contributed by atoms with E-state index in [0.29, 0.717) is 12.1 Å². The molecule has 0 bridgehead atoms. The fourth-order valence-corrected chi connectivity index (χ4v) is 1.67. The first kappa shape index (κ1) is 15.5. The van der Waals surface area contributed by atoms with Crippen molar-refractivity contribution < 1.29 is 14.8 Å². The molecule has 23 heavy (non-hydrogen) atoms. The van der Waals surface area contributed by atoms with Crippen LogP contribution in [-0.2, 0) is 0 Å². The van der Waals surface area contributed by atoms with Gasteiger partial charge in [0, 0.05) is 0 Å². The van der Waals surface area contributed by atoms with Gasteiger partial charge in [-0.3, -0.25) is 30.3 Å². The summed E-state index contributed by atoms with van der Waals surface area (Å²) in [5.41, 5.74) is 2.40. The first-order valence-corrected chi connectivity index (χ1v) is 5.75. The van der Waals surface area contributed by atoms with Gasteiger partial charge in [0.25, 0.3) is 5.69 Å². The molecule has 0 unspecified atom stereocenters. The summed E-state index contributed by atoms with van der Waals surface area (Å²) >= 11 is 0. The highest BCUT2D eigenvalue weighted by atomic mass is 16.6. The van der Waals surface area contributed by atoms with Gasteiger partial charge in [-0.2, -0.15) is 0 Å². The van der Waals surface area contributed by atoms with Crippen molar-refractivity contribution in [2.24, 2.45) is 0 Å². The Hall–Kier alpha value is -3.90. The number of benzene rings is 1. The predicted molar refractivity (Wildman–Crippen MR) is 76.1 cm³/mol. The van der Waals surface area contributed by atoms with Gasteiger partial charge in [0.05, 0.1) is 45.0 Å². The molecule has 2 rings (SSSR count). The number of nitrogens with two attached hydrogens (primary N) is 1. The lowest BCUT2D eigenvalue weighted by molar-refractivity contribution is -0.401. The zero-order valence-corrected chi connectivity index (χ0v) is 11.1. The molecule has 0 atom stereocenters. The van der Waals surface area contributed by atoms with Gasteiger partial charge < -0.3 is 11.1 Å². The highest BCUT2D eigenvalue weighted by Gasteiger charge is 2.30. The second kappa shape index (κ2) is 5.84. The number of aromatic nitrogens is 2. The maximum Gasteiger partial charge on any atom is 0.306 e. The first-order chi connectivity index (χ1) is 10.8. The van der Waals surface area contributed by atoms with Crippen LogP contribution in [0.25, 0.3) is 0 Å². The molecule has 0 saturated carbocycles. The number of nitro groups is 3. The number of hydrogen-bond acceptors (Lipinski definition) is 10. The minimum absolute atomic E-state index is 0.0664. The van der Waals surface area contributed by atoms with Gasteiger partial charge in [-0.15, -0.1) is 0 Å².